The fourth-order valence-electron chi connectivity index (χ4n) is 4.28. The zero-order valence-corrected chi connectivity index (χ0v) is 13.9. The van der Waals surface area contributed by atoms with Crippen LogP contribution in [0.15, 0.2) is 6.07 Å². The van der Waals surface area contributed by atoms with Gasteiger partial charge in [-0.05, 0) is 32.3 Å². The van der Waals surface area contributed by atoms with Gasteiger partial charge >= 0.3 is 0 Å². The summed E-state index contributed by atoms with van der Waals surface area (Å²) in [7, 11) is 2.08. The molecule has 0 amide bonds. The molecular formula is C17H30N4. The summed E-state index contributed by atoms with van der Waals surface area (Å²) >= 11 is 0. The Bertz CT molecular complexity index is 473. The molecule has 1 atom stereocenters. The Balaban J connectivity index is 1.78. The summed E-state index contributed by atoms with van der Waals surface area (Å²) in [5.74, 6) is 0. The maximum atomic E-state index is 4.52. The summed E-state index contributed by atoms with van der Waals surface area (Å²) in [6.07, 6.45) is 8.05. The van der Waals surface area contributed by atoms with Crippen LogP contribution in [-0.4, -0.2) is 39.4 Å². The van der Waals surface area contributed by atoms with E-state index in [4.69, 9.17) is 0 Å². The van der Waals surface area contributed by atoms with Crippen molar-refractivity contribution in [3.8, 4) is 0 Å². The number of hydrogen-bond donors (Lipinski definition) is 1. The molecule has 3 rings (SSSR count). The largest absolute Gasteiger partial charge is 0.311 e. The second kappa shape index (κ2) is 6.09. The number of rotatable bonds is 4. The lowest BCUT2D eigenvalue weighted by Gasteiger charge is -2.48. The molecule has 2 heterocycles. The van der Waals surface area contributed by atoms with Gasteiger partial charge in [0.2, 0.25) is 0 Å². The van der Waals surface area contributed by atoms with E-state index in [1.807, 2.05) is 0 Å². The molecule has 21 heavy (non-hydrogen) atoms. The third kappa shape index (κ3) is 3.02. The SMILES string of the molecule is CCCC1CN(Cc2cc(C)nn2C)C2(CCCC2)CN1. The van der Waals surface area contributed by atoms with Crippen LogP contribution in [0.4, 0.5) is 0 Å². The lowest BCUT2D eigenvalue weighted by molar-refractivity contribution is 0.0319. The van der Waals surface area contributed by atoms with Gasteiger partial charge in [0.05, 0.1) is 11.4 Å². The van der Waals surface area contributed by atoms with Crippen molar-refractivity contribution < 1.29 is 0 Å². The van der Waals surface area contributed by atoms with Gasteiger partial charge in [0.25, 0.3) is 0 Å². The Labute approximate surface area is 128 Å². The summed E-state index contributed by atoms with van der Waals surface area (Å²) in [5, 5.41) is 8.35. The fourth-order valence-corrected chi connectivity index (χ4v) is 4.28. The highest BCUT2D eigenvalue weighted by Gasteiger charge is 2.43. The summed E-state index contributed by atoms with van der Waals surface area (Å²) in [4.78, 5) is 2.77. The van der Waals surface area contributed by atoms with Gasteiger partial charge in [0.1, 0.15) is 0 Å². The maximum absolute atomic E-state index is 4.52. The third-order valence-corrected chi connectivity index (χ3v) is 5.45. The second-order valence-corrected chi connectivity index (χ2v) is 7.08. The van der Waals surface area contributed by atoms with Crippen molar-refractivity contribution in [1.29, 1.82) is 0 Å². The van der Waals surface area contributed by atoms with Gasteiger partial charge < -0.3 is 5.32 Å². The standard InChI is InChI=1S/C17H30N4/c1-4-7-15-11-21(12-16-10-14(2)19-20(16)3)17(13-18-15)8-5-6-9-17/h10,15,18H,4-9,11-13H2,1-3H3. The molecular weight excluding hydrogens is 260 g/mol. The van der Waals surface area contributed by atoms with E-state index in [1.165, 1.54) is 57.3 Å². The quantitative estimate of drug-likeness (QED) is 0.925. The highest BCUT2D eigenvalue weighted by atomic mass is 15.3. The van der Waals surface area contributed by atoms with Gasteiger partial charge in [-0.25, -0.2) is 0 Å². The zero-order chi connectivity index (χ0) is 14.9. The van der Waals surface area contributed by atoms with Crippen LogP contribution >= 0.6 is 0 Å². The van der Waals surface area contributed by atoms with E-state index in [2.05, 4.69) is 47.0 Å². The van der Waals surface area contributed by atoms with Crippen molar-refractivity contribution in [2.45, 2.75) is 70.5 Å². The molecule has 0 aromatic carbocycles. The molecule has 1 aromatic rings. The maximum Gasteiger partial charge on any atom is 0.0597 e. The van der Waals surface area contributed by atoms with Gasteiger partial charge in [0, 0.05) is 38.3 Å². The molecule has 0 bridgehead atoms. The minimum atomic E-state index is 0.405. The Morgan fingerprint density at radius 2 is 2.14 bits per heavy atom. The normalized spacial score (nSPS) is 25.8. The molecule has 1 saturated heterocycles. The number of aryl methyl sites for hydroxylation is 2. The van der Waals surface area contributed by atoms with Gasteiger partial charge in [-0.15, -0.1) is 0 Å². The summed E-state index contributed by atoms with van der Waals surface area (Å²) in [6, 6.07) is 2.91. The first-order valence-corrected chi connectivity index (χ1v) is 8.61. The highest BCUT2D eigenvalue weighted by molar-refractivity contribution is 5.11. The van der Waals surface area contributed by atoms with Gasteiger partial charge in [0.15, 0.2) is 0 Å². The first kappa shape index (κ1) is 15.0. The zero-order valence-electron chi connectivity index (χ0n) is 13.9. The third-order valence-electron chi connectivity index (χ3n) is 5.45. The monoisotopic (exact) mass is 290 g/mol. The van der Waals surface area contributed by atoms with E-state index in [1.54, 1.807) is 0 Å². The number of nitrogens with one attached hydrogen (secondary N) is 1. The van der Waals surface area contributed by atoms with Crippen molar-refractivity contribution >= 4 is 0 Å². The van der Waals surface area contributed by atoms with Crippen molar-refractivity contribution in [3.05, 3.63) is 17.5 Å². The first-order valence-electron chi connectivity index (χ1n) is 8.61. The summed E-state index contributed by atoms with van der Waals surface area (Å²) in [6.45, 7) is 7.80. The van der Waals surface area contributed by atoms with E-state index < -0.39 is 0 Å². The number of nitrogens with zero attached hydrogens (tertiary/aromatic N) is 3. The van der Waals surface area contributed by atoms with E-state index >= 15 is 0 Å². The Morgan fingerprint density at radius 1 is 1.38 bits per heavy atom. The van der Waals surface area contributed by atoms with Crippen molar-refractivity contribution in [2.24, 2.45) is 7.05 Å². The molecule has 0 radical (unpaired) electrons. The molecule has 1 saturated carbocycles. The topological polar surface area (TPSA) is 33.1 Å². The fraction of sp³-hybridized carbons (Fsp3) is 0.824. The molecule has 1 aliphatic heterocycles. The van der Waals surface area contributed by atoms with Gasteiger partial charge in [-0.2, -0.15) is 5.10 Å². The molecule has 1 aromatic heterocycles. The Kier molecular flexibility index (Phi) is 4.36. The molecule has 2 aliphatic rings. The molecule has 4 heteroatoms. The van der Waals surface area contributed by atoms with Crippen molar-refractivity contribution in [2.75, 3.05) is 13.1 Å². The van der Waals surface area contributed by atoms with Crippen LogP contribution in [0.5, 0.6) is 0 Å². The van der Waals surface area contributed by atoms with Crippen LogP contribution in [0.3, 0.4) is 0 Å². The average Bonchev–Trinajstić information content (AvgIpc) is 3.03. The Morgan fingerprint density at radius 3 is 2.76 bits per heavy atom. The molecule has 1 spiro atoms. The highest BCUT2D eigenvalue weighted by Crippen LogP contribution is 2.38. The lowest BCUT2D eigenvalue weighted by Crippen LogP contribution is -2.63. The van der Waals surface area contributed by atoms with Crippen LogP contribution in [0, 0.1) is 6.92 Å². The number of aromatic nitrogens is 2. The van der Waals surface area contributed by atoms with Crippen LogP contribution in [-0.2, 0) is 13.6 Å². The molecule has 118 valence electrons. The molecule has 1 N–H and O–H groups in total. The lowest BCUT2D eigenvalue weighted by atomic mass is 9.90. The molecule has 2 fully saturated rings. The number of hydrogen-bond acceptors (Lipinski definition) is 3. The summed E-state index contributed by atoms with van der Waals surface area (Å²) in [5.41, 5.74) is 2.90. The van der Waals surface area contributed by atoms with E-state index in [0.717, 1.165) is 12.2 Å². The van der Waals surface area contributed by atoms with E-state index in [9.17, 15) is 0 Å². The van der Waals surface area contributed by atoms with Crippen LogP contribution in [0.1, 0.15) is 56.8 Å². The van der Waals surface area contributed by atoms with Gasteiger partial charge in [-0.1, -0.05) is 26.2 Å². The van der Waals surface area contributed by atoms with Crippen molar-refractivity contribution in [3.63, 3.8) is 0 Å². The molecule has 1 unspecified atom stereocenters. The smallest absolute Gasteiger partial charge is 0.0597 e. The average molecular weight is 290 g/mol. The van der Waals surface area contributed by atoms with Crippen LogP contribution in [0.2, 0.25) is 0 Å². The first-order chi connectivity index (χ1) is 10.1. The van der Waals surface area contributed by atoms with E-state index in [-0.39, 0.29) is 0 Å². The van der Waals surface area contributed by atoms with E-state index in [0.29, 0.717) is 11.6 Å². The summed E-state index contributed by atoms with van der Waals surface area (Å²) < 4.78 is 2.06. The van der Waals surface area contributed by atoms with Crippen LogP contribution in [0.25, 0.3) is 0 Å². The second-order valence-electron chi connectivity index (χ2n) is 7.08. The Hall–Kier alpha value is -0.870. The molecule has 4 nitrogen and oxygen atoms in total. The molecule has 1 aliphatic carbocycles. The van der Waals surface area contributed by atoms with Gasteiger partial charge in [-0.3, -0.25) is 9.58 Å². The minimum Gasteiger partial charge on any atom is -0.311 e. The number of piperazine rings is 1. The minimum absolute atomic E-state index is 0.405. The predicted octanol–water partition coefficient (Wildman–Crippen LogP) is 2.62. The van der Waals surface area contributed by atoms with Crippen LogP contribution < -0.4 is 5.32 Å². The predicted molar refractivity (Wildman–Crippen MR) is 86.3 cm³/mol. The van der Waals surface area contributed by atoms with Crippen molar-refractivity contribution in [1.82, 2.24) is 20.0 Å².